The van der Waals surface area contributed by atoms with Crippen LogP contribution in [0.1, 0.15) is 126 Å². The Balaban J connectivity index is 1.64. The highest BCUT2D eigenvalue weighted by molar-refractivity contribution is 5.85. The zero-order valence-corrected chi connectivity index (χ0v) is 23.5. The molecule has 200 valence electrons. The van der Waals surface area contributed by atoms with Gasteiger partial charge in [-0.25, -0.2) is 0 Å². The maximum absolute atomic E-state index is 13.7. The molecule has 2 aromatic carbocycles. The van der Waals surface area contributed by atoms with Crippen LogP contribution in [0.3, 0.4) is 0 Å². The van der Waals surface area contributed by atoms with Crippen LogP contribution >= 0.6 is 0 Å². The minimum absolute atomic E-state index is 0.212. The summed E-state index contributed by atoms with van der Waals surface area (Å²) in [5.74, 6) is 0.784. The topological polar surface area (TPSA) is 50.1 Å². The average Bonchev–Trinajstić information content (AvgIpc) is 2.91. The van der Waals surface area contributed by atoms with E-state index in [0.717, 1.165) is 62.5 Å². The molecular weight excluding hydrogens is 454 g/mol. The Morgan fingerprint density at radius 3 is 2.14 bits per heavy atom. The third kappa shape index (κ3) is 8.46. The number of esters is 1. The SMILES string of the molecule is CCCCCCCCCCc1ccc(OC(=O)C2(c3ccc(CC(C)C)cc3)CCCCC2)c(C#N)c1. The van der Waals surface area contributed by atoms with Gasteiger partial charge in [-0.2, -0.15) is 5.26 Å². The number of carbonyl (C=O) groups is 1. The number of aryl methyl sites for hydroxylation is 1. The third-order valence-electron chi connectivity index (χ3n) is 7.93. The molecule has 0 unspecified atom stereocenters. The van der Waals surface area contributed by atoms with Gasteiger partial charge in [-0.05, 0) is 66.8 Å². The van der Waals surface area contributed by atoms with Gasteiger partial charge in [0, 0.05) is 0 Å². The maximum Gasteiger partial charge on any atom is 0.321 e. The number of nitrogens with zero attached hydrogens (tertiary/aromatic N) is 1. The molecular formula is C34H47NO2. The first-order valence-corrected chi connectivity index (χ1v) is 14.8. The van der Waals surface area contributed by atoms with Crippen molar-refractivity contribution in [1.29, 1.82) is 5.26 Å². The van der Waals surface area contributed by atoms with E-state index in [-0.39, 0.29) is 5.97 Å². The first-order chi connectivity index (χ1) is 18.0. The summed E-state index contributed by atoms with van der Waals surface area (Å²) >= 11 is 0. The summed E-state index contributed by atoms with van der Waals surface area (Å²) in [5, 5.41) is 9.82. The molecule has 1 saturated carbocycles. The highest BCUT2D eigenvalue weighted by Gasteiger charge is 2.43. The number of rotatable bonds is 14. The molecule has 0 amide bonds. The molecule has 1 aliphatic carbocycles. The van der Waals surface area contributed by atoms with Gasteiger partial charge in [0.1, 0.15) is 11.8 Å². The van der Waals surface area contributed by atoms with Crippen molar-refractivity contribution in [2.45, 2.75) is 122 Å². The van der Waals surface area contributed by atoms with E-state index in [1.807, 2.05) is 18.2 Å². The van der Waals surface area contributed by atoms with Crippen LogP contribution in [0.5, 0.6) is 5.75 Å². The Kier molecular flexibility index (Phi) is 11.7. The van der Waals surface area contributed by atoms with Crippen LogP contribution in [0, 0.1) is 17.2 Å². The smallest absolute Gasteiger partial charge is 0.321 e. The van der Waals surface area contributed by atoms with Crippen molar-refractivity contribution in [2.24, 2.45) is 5.92 Å². The second-order valence-electron chi connectivity index (χ2n) is 11.5. The Hall–Kier alpha value is -2.60. The molecule has 0 radical (unpaired) electrons. The molecule has 3 nitrogen and oxygen atoms in total. The lowest BCUT2D eigenvalue weighted by Crippen LogP contribution is -2.41. The van der Waals surface area contributed by atoms with Crippen molar-refractivity contribution in [2.75, 3.05) is 0 Å². The van der Waals surface area contributed by atoms with Gasteiger partial charge < -0.3 is 4.74 Å². The molecule has 3 heteroatoms. The Morgan fingerprint density at radius 1 is 0.892 bits per heavy atom. The number of ether oxygens (including phenoxy) is 1. The zero-order chi connectivity index (χ0) is 26.5. The highest BCUT2D eigenvalue weighted by Crippen LogP contribution is 2.41. The van der Waals surface area contributed by atoms with Gasteiger partial charge in [-0.15, -0.1) is 0 Å². The second kappa shape index (κ2) is 15.0. The minimum atomic E-state index is -0.628. The summed E-state index contributed by atoms with van der Waals surface area (Å²) in [6, 6.07) is 16.6. The van der Waals surface area contributed by atoms with Gasteiger partial charge in [-0.3, -0.25) is 4.79 Å². The van der Waals surface area contributed by atoms with E-state index in [1.165, 1.54) is 50.5 Å². The van der Waals surface area contributed by atoms with E-state index in [4.69, 9.17) is 4.74 Å². The first-order valence-electron chi connectivity index (χ1n) is 14.8. The maximum atomic E-state index is 13.7. The van der Waals surface area contributed by atoms with Crippen molar-refractivity contribution in [1.82, 2.24) is 0 Å². The summed E-state index contributed by atoms with van der Waals surface area (Å²) in [7, 11) is 0. The Morgan fingerprint density at radius 2 is 1.51 bits per heavy atom. The van der Waals surface area contributed by atoms with Gasteiger partial charge in [0.2, 0.25) is 0 Å². The quantitative estimate of drug-likeness (QED) is 0.147. The lowest BCUT2D eigenvalue weighted by Gasteiger charge is -2.35. The predicted octanol–water partition coefficient (Wildman–Crippen LogP) is 9.25. The number of benzene rings is 2. The Bertz CT molecular complexity index is 1010. The average molecular weight is 502 g/mol. The zero-order valence-electron chi connectivity index (χ0n) is 23.5. The molecule has 3 rings (SSSR count). The normalized spacial score (nSPS) is 14.9. The fraction of sp³-hybridized carbons (Fsp3) is 0.588. The standard InChI is InChI=1S/C34H47NO2/c1-4-5-6-7-8-9-10-12-15-28-18-21-32(30(25-28)26-35)37-33(36)34(22-13-11-14-23-34)31-19-16-29(17-20-31)24-27(2)3/h16-21,25,27H,4-15,22-24H2,1-3H3. The molecule has 1 aliphatic rings. The van der Waals surface area contributed by atoms with E-state index < -0.39 is 5.41 Å². The van der Waals surface area contributed by atoms with E-state index in [1.54, 1.807) is 0 Å². The summed E-state index contributed by atoms with van der Waals surface area (Å²) < 4.78 is 6.01. The monoisotopic (exact) mass is 501 g/mol. The van der Waals surface area contributed by atoms with E-state index >= 15 is 0 Å². The number of carbonyl (C=O) groups excluding carboxylic acids is 1. The van der Waals surface area contributed by atoms with Crippen molar-refractivity contribution in [3.05, 3.63) is 64.7 Å². The van der Waals surface area contributed by atoms with E-state index in [0.29, 0.717) is 17.2 Å². The van der Waals surface area contributed by atoms with Crippen molar-refractivity contribution >= 4 is 5.97 Å². The lowest BCUT2D eigenvalue weighted by molar-refractivity contribution is -0.142. The highest BCUT2D eigenvalue weighted by atomic mass is 16.5. The van der Waals surface area contributed by atoms with Gasteiger partial charge in [0.25, 0.3) is 0 Å². The van der Waals surface area contributed by atoms with Crippen molar-refractivity contribution in [3.8, 4) is 11.8 Å². The number of hydrogen-bond acceptors (Lipinski definition) is 3. The van der Waals surface area contributed by atoms with Crippen LogP contribution in [0.25, 0.3) is 0 Å². The van der Waals surface area contributed by atoms with Gasteiger partial charge in [0.05, 0.1) is 11.0 Å². The van der Waals surface area contributed by atoms with Crippen LogP contribution in [0.4, 0.5) is 0 Å². The first kappa shape index (κ1) is 29.0. The third-order valence-corrected chi connectivity index (χ3v) is 7.93. The summed E-state index contributed by atoms with van der Waals surface area (Å²) in [5.41, 5.74) is 3.34. The van der Waals surface area contributed by atoms with Crippen LogP contribution in [0.15, 0.2) is 42.5 Å². The molecule has 0 spiro atoms. The summed E-state index contributed by atoms with van der Waals surface area (Å²) in [6.45, 7) is 6.70. The van der Waals surface area contributed by atoms with E-state index in [9.17, 15) is 10.1 Å². The summed E-state index contributed by atoms with van der Waals surface area (Å²) in [6.07, 6.45) is 17.1. The van der Waals surface area contributed by atoms with Gasteiger partial charge >= 0.3 is 5.97 Å². The molecule has 0 bridgehead atoms. The largest absolute Gasteiger partial charge is 0.424 e. The van der Waals surface area contributed by atoms with Crippen LogP contribution in [-0.4, -0.2) is 5.97 Å². The Labute approximate surface area is 225 Å². The van der Waals surface area contributed by atoms with Crippen LogP contribution in [-0.2, 0) is 23.1 Å². The predicted molar refractivity (Wildman–Crippen MR) is 153 cm³/mol. The molecule has 2 aromatic rings. The fourth-order valence-corrected chi connectivity index (χ4v) is 5.77. The lowest BCUT2D eigenvalue weighted by atomic mass is 9.69. The van der Waals surface area contributed by atoms with Crippen molar-refractivity contribution in [3.63, 3.8) is 0 Å². The van der Waals surface area contributed by atoms with E-state index in [2.05, 4.69) is 51.1 Å². The van der Waals surface area contributed by atoms with Crippen molar-refractivity contribution < 1.29 is 9.53 Å². The molecule has 0 heterocycles. The van der Waals surface area contributed by atoms with Crippen LogP contribution < -0.4 is 4.74 Å². The molecule has 0 atom stereocenters. The molecule has 37 heavy (non-hydrogen) atoms. The molecule has 0 aromatic heterocycles. The fourth-order valence-electron chi connectivity index (χ4n) is 5.77. The second-order valence-corrected chi connectivity index (χ2v) is 11.5. The molecule has 0 saturated heterocycles. The number of hydrogen-bond donors (Lipinski definition) is 0. The molecule has 1 fully saturated rings. The minimum Gasteiger partial charge on any atom is -0.424 e. The van der Waals surface area contributed by atoms with Crippen LogP contribution in [0.2, 0.25) is 0 Å². The number of unbranched alkanes of at least 4 members (excludes halogenated alkanes) is 7. The van der Waals surface area contributed by atoms with Gasteiger partial charge in [0.15, 0.2) is 0 Å². The summed E-state index contributed by atoms with van der Waals surface area (Å²) in [4.78, 5) is 13.7. The van der Waals surface area contributed by atoms with Gasteiger partial charge in [-0.1, -0.05) is 115 Å². The molecule has 0 N–H and O–H groups in total. The molecule has 0 aliphatic heterocycles. The number of nitriles is 1.